The molecule has 1 aromatic heterocycles. The molecule has 0 saturated carbocycles. The van der Waals surface area contributed by atoms with Crippen molar-refractivity contribution in [2.24, 2.45) is 0 Å². The smallest absolute Gasteiger partial charge is 0.258 e. The minimum absolute atomic E-state index is 0.0119. The molecule has 4 heterocycles. The predicted molar refractivity (Wildman–Crippen MR) is 126 cm³/mol. The van der Waals surface area contributed by atoms with Gasteiger partial charge in [0.1, 0.15) is 11.8 Å². The number of nitrogens with one attached hydrogen (secondary N) is 1. The minimum atomic E-state index is -0.554. The largest absolute Gasteiger partial charge is 0.493 e. The average Bonchev–Trinajstić information content (AvgIpc) is 3.35. The lowest BCUT2D eigenvalue weighted by Gasteiger charge is -2.41. The van der Waals surface area contributed by atoms with Crippen molar-refractivity contribution < 1.29 is 19.1 Å². The molecule has 8 heteroatoms. The van der Waals surface area contributed by atoms with E-state index in [0.29, 0.717) is 37.6 Å². The molecule has 2 saturated heterocycles. The summed E-state index contributed by atoms with van der Waals surface area (Å²) in [6.07, 6.45) is 3.94. The maximum Gasteiger partial charge on any atom is 0.258 e. The van der Waals surface area contributed by atoms with Crippen LogP contribution in [0.5, 0.6) is 5.75 Å². The van der Waals surface area contributed by atoms with Gasteiger partial charge in [0.15, 0.2) is 0 Å². The fourth-order valence-electron chi connectivity index (χ4n) is 4.97. The van der Waals surface area contributed by atoms with E-state index in [-0.39, 0.29) is 24.0 Å². The van der Waals surface area contributed by atoms with Gasteiger partial charge < -0.3 is 19.7 Å². The number of benzene rings is 1. The van der Waals surface area contributed by atoms with E-state index in [4.69, 9.17) is 9.47 Å². The molecule has 2 aromatic rings. The zero-order valence-electron chi connectivity index (χ0n) is 18.8. The van der Waals surface area contributed by atoms with Crippen molar-refractivity contribution in [2.75, 3.05) is 32.8 Å². The summed E-state index contributed by atoms with van der Waals surface area (Å²) in [7, 11) is 0. The second-order valence-corrected chi connectivity index (χ2v) is 10.1. The Morgan fingerprint density at radius 1 is 1.03 bits per heavy atom. The van der Waals surface area contributed by atoms with Crippen LogP contribution < -0.4 is 10.1 Å². The number of nitrogens with zero attached hydrogens (tertiary/aromatic N) is 2. The Kier molecular flexibility index (Phi) is 6.94. The van der Waals surface area contributed by atoms with Crippen molar-refractivity contribution >= 4 is 23.2 Å². The number of hydrogen-bond donors (Lipinski definition) is 1. The van der Waals surface area contributed by atoms with E-state index in [1.54, 1.807) is 22.3 Å². The molecule has 7 nitrogen and oxygen atoms in total. The van der Waals surface area contributed by atoms with Crippen LogP contribution in [0.15, 0.2) is 41.8 Å². The van der Waals surface area contributed by atoms with Gasteiger partial charge in [-0.2, -0.15) is 0 Å². The Hall–Kier alpha value is -2.42. The van der Waals surface area contributed by atoms with Gasteiger partial charge in [-0.1, -0.05) is 18.2 Å². The molecule has 0 aliphatic carbocycles. The zero-order chi connectivity index (χ0) is 22.6. The van der Waals surface area contributed by atoms with Gasteiger partial charge in [-0.15, -0.1) is 11.3 Å². The topological polar surface area (TPSA) is 71.1 Å². The number of para-hydroxylation sites is 1. The maximum atomic E-state index is 13.6. The number of rotatable bonds is 2. The molecule has 1 aromatic carbocycles. The highest BCUT2D eigenvalue weighted by Crippen LogP contribution is 2.26. The third-order valence-electron chi connectivity index (χ3n) is 6.74. The van der Waals surface area contributed by atoms with Gasteiger partial charge in [0.25, 0.3) is 5.91 Å². The number of hydrogen-bond acceptors (Lipinski definition) is 6. The van der Waals surface area contributed by atoms with Crippen LogP contribution in [-0.2, 0) is 16.1 Å². The summed E-state index contributed by atoms with van der Waals surface area (Å²) in [5.41, 5.74) is 0.515. The number of amides is 2. The van der Waals surface area contributed by atoms with Crippen molar-refractivity contribution in [3.8, 4) is 5.75 Å². The van der Waals surface area contributed by atoms with Gasteiger partial charge >= 0.3 is 0 Å². The van der Waals surface area contributed by atoms with Crippen molar-refractivity contribution in [1.29, 1.82) is 0 Å². The normalized spacial score (nSPS) is 27.0. The monoisotopic (exact) mass is 469 g/mol. The summed E-state index contributed by atoms with van der Waals surface area (Å²) in [6.45, 7) is 3.51. The molecular weight excluding hydrogens is 438 g/mol. The molecule has 176 valence electrons. The number of piperazine rings is 1. The second kappa shape index (κ2) is 10.2. The highest BCUT2D eigenvalue weighted by Gasteiger charge is 2.37. The molecule has 2 amide bonds. The quantitative estimate of drug-likeness (QED) is 0.732. The van der Waals surface area contributed by atoms with Crippen LogP contribution in [0, 0.1) is 0 Å². The van der Waals surface area contributed by atoms with Crippen LogP contribution in [0.2, 0.25) is 0 Å². The van der Waals surface area contributed by atoms with E-state index in [0.717, 1.165) is 38.8 Å². The predicted octanol–water partition coefficient (Wildman–Crippen LogP) is 2.91. The summed E-state index contributed by atoms with van der Waals surface area (Å²) < 4.78 is 12.3. The number of carbonyl (C=O) groups is 2. The van der Waals surface area contributed by atoms with Gasteiger partial charge in [0, 0.05) is 44.0 Å². The third kappa shape index (κ3) is 5.23. The van der Waals surface area contributed by atoms with Crippen LogP contribution in [0.1, 0.15) is 40.9 Å². The molecule has 33 heavy (non-hydrogen) atoms. The van der Waals surface area contributed by atoms with Gasteiger partial charge in [0.2, 0.25) is 5.91 Å². The first-order chi connectivity index (χ1) is 16.2. The number of ether oxygens (including phenoxy) is 2. The first kappa shape index (κ1) is 22.4. The van der Waals surface area contributed by atoms with Crippen LogP contribution >= 0.6 is 11.3 Å². The number of thiophene rings is 1. The molecule has 2 bridgehead atoms. The standard InChI is InChI=1S/C25H31N3O4S/c29-24-22-17-27(16-20-7-4-14-33-20)11-12-28(22)25(30)21-8-1-2-9-23(21)31-13-10-18-5-3-6-19(32-18)15-26-24/h1-2,4,7-9,14,18-19,22H,3,5-6,10-13,15-17H2,(H,26,29)/t18-,19-,22-/m0/s1. The molecule has 0 spiro atoms. The Morgan fingerprint density at radius 3 is 2.79 bits per heavy atom. The fourth-order valence-corrected chi connectivity index (χ4v) is 5.72. The Balaban J connectivity index is 1.41. The summed E-state index contributed by atoms with van der Waals surface area (Å²) in [5, 5.41) is 5.17. The molecule has 5 rings (SSSR count). The van der Waals surface area contributed by atoms with Crippen molar-refractivity contribution in [3.63, 3.8) is 0 Å². The van der Waals surface area contributed by atoms with Crippen molar-refractivity contribution in [1.82, 2.24) is 15.1 Å². The third-order valence-corrected chi connectivity index (χ3v) is 7.60. The van der Waals surface area contributed by atoms with Gasteiger partial charge in [0.05, 0.1) is 24.4 Å². The number of carbonyl (C=O) groups excluding carboxylic acids is 2. The average molecular weight is 470 g/mol. The summed E-state index contributed by atoms with van der Waals surface area (Å²) in [5.74, 6) is 0.322. The van der Waals surface area contributed by atoms with Crippen LogP contribution in [0.4, 0.5) is 0 Å². The molecular formula is C25H31N3O4S. The second-order valence-electron chi connectivity index (χ2n) is 9.02. The van der Waals surface area contributed by atoms with Crippen molar-refractivity contribution in [2.45, 2.75) is 50.5 Å². The summed E-state index contributed by atoms with van der Waals surface area (Å²) >= 11 is 1.71. The highest BCUT2D eigenvalue weighted by atomic mass is 32.1. The molecule has 3 aliphatic heterocycles. The molecule has 1 N–H and O–H groups in total. The lowest BCUT2D eigenvalue weighted by molar-refractivity contribution is -0.129. The summed E-state index contributed by atoms with van der Waals surface area (Å²) in [6, 6.07) is 11.0. The molecule has 0 radical (unpaired) electrons. The first-order valence-electron chi connectivity index (χ1n) is 11.9. The summed E-state index contributed by atoms with van der Waals surface area (Å²) in [4.78, 5) is 32.2. The highest BCUT2D eigenvalue weighted by molar-refractivity contribution is 7.09. The van der Waals surface area contributed by atoms with Crippen LogP contribution in [0.3, 0.4) is 0 Å². The van der Waals surface area contributed by atoms with E-state index in [1.165, 1.54) is 4.88 Å². The SMILES string of the molecule is O=C1NC[C@@H]2CCC[C@@H](CCOc3ccccc3C(=O)N3CCN(Cc4cccs4)C[C@@H]13)O2. The maximum absolute atomic E-state index is 13.6. The molecule has 2 fully saturated rings. The first-order valence-corrected chi connectivity index (χ1v) is 12.8. The minimum Gasteiger partial charge on any atom is -0.493 e. The van der Waals surface area contributed by atoms with E-state index in [1.807, 2.05) is 24.3 Å². The van der Waals surface area contributed by atoms with E-state index in [2.05, 4.69) is 21.7 Å². The lowest BCUT2D eigenvalue weighted by Crippen LogP contribution is -2.61. The zero-order valence-corrected chi connectivity index (χ0v) is 19.6. The van der Waals surface area contributed by atoms with Crippen LogP contribution in [0.25, 0.3) is 0 Å². The van der Waals surface area contributed by atoms with Gasteiger partial charge in [-0.05, 0) is 42.8 Å². The van der Waals surface area contributed by atoms with Crippen molar-refractivity contribution in [3.05, 3.63) is 52.2 Å². The number of fused-ring (bicyclic) bond motifs is 4. The van der Waals surface area contributed by atoms with E-state index < -0.39 is 6.04 Å². The Labute approximate surface area is 198 Å². The van der Waals surface area contributed by atoms with E-state index in [9.17, 15) is 9.59 Å². The molecule has 3 atom stereocenters. The Morgan fingerprint density at radius 2 is 1.91 bits per heavy atom. The molecule has 0 unspecified atom stereocenters. The van der Waals surface area contributed by atoms with Gasteiger partial charge in [-0.25, -0.2) is 0 Å². The van der Waals surface area contributed by atoms with Crippen LogP contribution in [-0.4, -0.2) is 72.6 Å². The molecule has 3 aliphatic rings. The van der Waals surface area contributed by atoms with E-state index >= 15 is 0 Å². The van der Waals surface area contributed by atoms with Gasteiger partial charge in [-0.3, -0.25) is 14.5 Å². The fraction of sp³-hybridized carbons (Fsp3) is 0.520. The Bertz CT molecular complexity index is 966. The lowest BCUT2D eigenvalue weighted by atomic mass is 10.0.